The summed E-state index contributed by atoms with van der Waals surface area (Å²) in [5.41, 5.74) is 1.31. The lowest BCUT2D eigenvalue weighted by Gasteiger charge is -2.36. The van der Waals surface area contributed by atoms with E-state index >= 15 is 0 Å². The maximum Gasteiger partial charge on any atom is 0.341 e. The number of nitrogens with zero attached hydrogens (tertiary/aromatic N) is 3. The van der Waals surface area contributed by atoms with Crippen LogP contribution in [-0.4, -0.2) is 56.1 Å². The third-order valence-electron chi connectivity index (χ3n) is 4.26. The molecule has 1 aromatic heterocycles. The fraction of sp³-hybridized carbons (Fsp3) is 0.294. The first kappa shape index (κ1) is 18.2. The molecule has 0 spiro atoms. The van der Waals surface area contributed by atoms with Gasteiger partial charge in [-0.05, 0) is 36.4 Å². The standard InChI is InChI=1S/C17H17F2N3O3S/c18-17(19)26(24,25)15-3-1-13(2-4-15)16(23)22-11-9-21(10-12-22)14-5-7-20-8-6-14/h1-8,17H,9-12H2. The number of carbonyl (C=O) groups is 1. The first-order valence-electron chi connectivity index (χ1n) is 7.96. The van der Waals surface area contributed by atoms with E-state index in [-0.39, 0.29) is 11.5 Å². The Morgan fingerprint density at radius 1 is 0.962 bits per heavy atom. The van der Waals surface area contributed by atoms with Gasteiger partial charge in [0.2, 0.25) is 9.84 Å². The van der Waals surface area contributed by atoms with Gasteiger partial charge in [0.25, 0.3) is 5.91 Å². The lowest BCUT2D eigenvalue weighted by Crippen LogP contribution is -2.48. The number of pyridine rings is 1. The molecule has 9 heteroatoms. The maximum atomic E-state index is 12.6. The number of alkyl halides is 2. The second kappa shape index (κ2) is 7.36. The van der Waals surface area contributed by atoms with Gasteiger partial charge in [-0.3, -0.25) is 9.78 Å². The summed E-state index contributed by atoms with van der Waals surface area (Å²) < 4.78 is 48.0. The molecule has 0 saturated carbocycles. The van der Waals surface area contributed by atoms with Crippen molar-refractivity contribution in [1.29, 1.82) is 0 Å². The molecule has 138 valence electrons. The van der Waals surface area contributed by atoms with Gasteiger partial charge < -0.3 is 9.80 Å². The van der Waals surface area contributed by atoms with Crippen molar-refractivity contribution in [2.75, 3.05) is 31.1 Å². The number of amides is 1. The second-order valence-electron chi connectivity index (χ2n) is 5.81. The van der Waals surface area contributed by atoms with Gasteiger partial charge in [0, 0.05) is 49.8 Å². The van der Waals surface area contributed by atoms with E-state index in [1.54, 1.807) is 17.3 Å². The zero-order chi connectivity index (χ0) is 18.7. The number of anilines is 1. The van der Waals surface area contributed by atoms with Crippen molar-refractivity contribution >= 4 is 21.4 Å². The molecule has 1 aromatic carbocycles. The van der Waals surface area contributed by atoms with Crippen molar-refractivity contribution in [1.82, 2.24) is 9.88 Å². The molecular weight excluding hydrogens is 364 g/mol. The van der Waals surface area contributed by atoms with Gasteiger partial charge in [-0.15, -0.1) is 0 Å². The number of halogens is 2. The molecule has 1 aliphatic heterocycles. The maximum absolute atomic E-state index is 12.6. The summed E-state index contributed by atoms with van der Waals surface area (Å²) in [7, 11) is -4.65. The van der Waals surface area contributed by atoms with Gasteiger partial charge in [-0.1, -0.05) is 0 Å². The van der Waals surface area contributed by atoms with E-state index in [4.69, 9.17) is 0 Å². The Bertz CT molecular complexity index is 866. The van der Waals surface area contributed by atoms with Crippen LogP contribution in [0.1, 0.15) is 10.4 Å². The second-order valence-corrected chi connectivity index (χ2v) is 7.73. The van der Waals surface area contributed by atoms with Gasteiger partial charge >= 0.3 is 5.76 Å². The summed E-state index contributed by atoms with van der Waals surface area (Å²) in [5.74, 6) is -3.73. The smallest absolute Gasteiger partial charge is 0.341 e. The average Bonchev–Trinajstić information content (AvgIpc) is 2.68. The van der Waals surface area contributed by atoms with Gasteiger partial charge in [-0.2, -0.15) is 8.78 Å². The third kappa shape index (κ3) is 3.67. The van der Waals surface area contributed by atoms with E-state index in [2.05, 4.69) is 9.88 Å². The first-order valence-corrected chi connectivity index (χ1v) is 9.50. The van der Waals surface area contributed by atoms with Crippen molar-refractivity contribution in [3.05, 3.63) is 54.4 Å². The molecule has 1 saturated heterocycles. The Hall–Kier alpha value is -2.55. The highest BCUT2D eigenvalue weighted by Gasteiger charge is 2.27. The number of benzene rings is 1. The molecule has 0 aliphatic carbocycles. The van der Waals surface area contributed by atoms with E-state index in [0.29, 0.717) is 26.2 Å². The van der Waals surface area contributed by atoms with Crippen LogP contribution in [0.5, 0.6) is 0 Å². The van der Waals surface area contributed by atoms with Gasteiger partial charge in [0.05, 0.1) is 4.90 Å². The van der Waals surface area contributed by atoms with E-state index < -0.39 is 20.5 Å². The van der Waals surface area contributed by atoms with Crippen LogP contribution in [0.15, 0.2) is 53.7 Å². The monoisotopic (exact) mass is 381 g/mol. The Labute approximate surface area is 150 Å². The van der Waals surface area contributed by atoms with E-state index in [9.17, 15) is 22.0 Å². The summed E-state index contributed by atoms with van der Waals surface area (Å²) in [4.78, 5) is 19.8. The van der Waals surface area contributed by atoms with Gasteiger partial charge in [0.1, 0.15) is 0 Å². The van der Waals surface area contributed by atoms with Crippen molar-refractivity contribution < 1.29 is 22.0 Å². The van der Waals surface area contributed by atoms with E-state index in [1.165, 1.54) is 12.1 Å². The topological polar surface area (TPSA) is 70.6 Å². The first-order chi connectivity index (χ1) is 12.4. The third-order valence-corrected chi connectivity index (χ3v) is 5.66. The van der Waals surface area contributed by atoms with Crippen molar-refractivity contribution in [3.63, 3.8) is 0 Å². The molecule has 0 bridgehead atoms. The molecule has 0 radical (unpaired) electrons. The summed E-state index contributed by atoms with van der Waals surface area (Å²) in [6, 6.07) is 8.43. The fourth-order valence-electron chi connectivity index (χ4n) is 2.80. The number of hydrogen-bond donors (Lipinski definition) is 0. The highest BCUT2D eigenvalue weighted by Crippen LogP contribution is 2.20. The summed E-state index contributed by atoms with van der Waals surface area (Å²) in [5, 5.41) is 0. The Morgan fingerprint density at radius 3 is 2.08 bits per heavy atom. The number of carbonyl (C=O) groups excluding carboxylic acids is 1. The molecule has 0 atom stereocenters. The quantitative estimate of drug-likeness (QED) is 0.811. The molecule has 1 fully saturated rings. The highest BCUT2D eigenvalue weighted by atomic mass is 32.2. The SMILES string of the molecule is O=C(c1ccc(S(=O)(=O)C(F)F)cc1)N1CCN(c2ccncc2)CC1. The minimum atomic E-state index is -4.65. The molecule has 3 rings (SSSR count). The van der Waals surface area contributed by atoms with Gasteiger partial charge in [0.15, 0.2) is 0 Å². The Morgan fingerprint density at radius 2 is 1.54 bits per heavy atom. The largest absolute Gasteiger partial charge is 0.368 e. The van der Waals surface area contributed by atoms with Gasteiger partial charge in [-0.25, -0.2) is 8.42 Å². The van der Waals surface area contributed by atoms with Crippen LogP contribution in [0.2, 0.25) is 0 Å². The molecule has 0 unspecified atom stereocenters. The van der Waals surface area contributed by atoms with E-state index in [0.717, 1.165) is 17.8 Å². The number of aromatic nitrogens is 1. The predicted molar refractivity (Wildman–Crippen MR) is 92.0 cm³/mol. The number of rotatable bonds is 4. The minimum absolute atomic E-state index is 0.250. The number of piperazine rings is 1. The van der Waals surface area contributed by atoms with Crippen LogP contribution < -0.4 is 4.90 Å². The molecule has 0 N–H and O–H groups in total. The number of sulfone groups is 1. The van der Waals surface area contributed by atoms with Crippen molar-refractivity contribution in [2.45, 2.75) is 10.7 Å². The van der Waals surface area contributed by atoms with Crippen molar-refractivity contribution in [3.8, 4) is 0 Å². The number of hydrogen-bond acceptors (Lipinski definition) is 5. The highest BCUT2D eigenvalue weighted by molar-refractivity contribution is 7.91. The lowest BCUT2D eigenvalue weighted by molar-refractivity contribution is 0.0746. The molecule has 1 aliphatic rings. The van der Waals surface area contributed by atoms with E-state index in [1.807, 2.05) is 12.1 Å². The molecule has 6 nitrogen and oxygen atoms in total. The van der Waals surface area contributed by atoms with Crippen LogP contribution in [-0.2, 0) is 9.84 Å². The molecule has 1 amide bonds. The molecule has 26 heavy (non-hydrogen) atoms. The summed E-state index contributed by atoms with van der Waals surface area (Å²) >= 11 is 0. The minimum Gasteiger partial charge on any atom is -0.368 e. The van der Waals surface area contributed by atoms with Crippen LogP contribution in [0.4, 0.5) is 14.5 Å². The summed E-state index contributed by atoms with van der Waals surface area (Å²) in [6.07, 6.45) is 3.42. The summed E-state index contributed by atoms with van der Waals surface area (Å²) in [6.45, 7) is 2.34. The Balaban J connectivity index is 1.66. The zero-order valence-electron chi connectivity index (χ0n) is 13.8. The van der Waals surface area contributed by atoms with Crippen molar-refractivity contribution in [2.24, 2.45) is 0 Å². The predicted octanol–water partition coefficient (Wildman–Crippen LogP) is 2.04. The zero-order valence-corrected chi connectivity index (χ0v) is 14.6. The van der Waals surface area contributed by atoms with Crippen LogP contribution in [0.25, 0.3) is 0 Å². The lowest BCUT2D eigenvalue weighted by atomic mass is 10.2. The Kier molecular flexibility index (Phi) is 5.17. The fourth-order valence-corrected chi connectivity index (χ4v) is 3.52. The normalized spacial score (nSPS) is 15.3. The molecule has 2 aromatic rings. The molecule has 2 heterocycles. The van der Waals surface area contributed by atoms with Crippen LogP contribution in [0.3, 0.4) is 0 Å². The average molecular weight is 381 g/mol. The van der Waals surface area contributed by atoms with Crippen LogP contribution >= 0.6 is 0 Å². The molecular formula is C17H17F2N3O3S. The van der Waals surface area contributed by atoms with Crippen LogP contribution in [0, 0.1) is 0 Å².